The van der Waals surface area contributed by atoms with Crippen molar-refractivity contribution in [3.8, 4) is 0 Å². The number of hydrogen-bond donors (Lipinski definition) is 0. The summed E-state index contributed by atoms with van der Waals surface area (Å²) in [6.07, 6.45) is 7.69. The third-order valence-electron chi connectivity index (χ3n) is 2.46. The summed E-state index contributed by atoms with van der Waals surface area (Å²) in [5.41, 5.74) is 1.49. The minimum atomic E-state index is 0.849. The largest absolute Gasteiger partial charge is 0.256 e. The van der Waals surface area contributed by atoms with E-state index in [1.54, 1.807) is 0 Å². The van der Waals surface area contributed by atoms with Gasteiger partial charge >= 0.3 is 0 Å². The molecule has 1 aromatic heterocycles. The number of aryl methyl sites for hydroxylation is 1. The van der Waals surface area contributed by atoms with Gasteiger partial charge in [0.2, 0.25) is 0 Å². The van der Waals surface area contributed by atoms with Crippen LogP contribution in [0.3, 0.4) is 0 Å². The van der Waals surface area contributed by atoms with Crippen molar-refractivity contribution in [3.63, 3.8) is 0 Å². The molecule has 1 saturated carbocycles. The normalized spacial score (nSPS) is 20.1. The van der Waals surface area contributed by atoms with E-state index < -0.39 is 0 Å². The van der Waals surface area contributed by atoms with Crippen molar-refractivity contribution in [2.45, 2.75) is 38.5 Å². The Morgan fingerprint density at radius 2 is 2.18 bits per heavy atom. The Bertz CT molecular complexity index is 235. The van der Waals surface area contributed by atoms with E-state index >= 15 is 0 Å². The highest BCUT2D eigenvalue weighted by molar-refractivity contribution is 7.31. The highest BCUT2D eigenvalue weighted by Gasteiger charge is 2.18. The fourth-order valence-corrected chi connectivity index (χ4v) is 2.99. The van der Waals surface area contributed by atoms with Crippen LogP contribution in [0.5, 0.6) is 0 Å². The minimum Gasteiger partial charge on any atom is -0.256 e. The van der Waals surface area contributed by atoms with Crippen LogP contribution in [0.1, 0.15) is 42.3 Å². The van der Waals surface area contributed by atoms with Gasteiger partial charge in [-0.15, -0.1) is 8.19 Å². The van der Waals surface area contributed by atoms with Crippen LogP contribution >= 0.6 is 8.19 Å². The van der Waals surface area contributed by atoms with Gasteiger partial charge in [-0.25, -0.2) is 0 Å². The van der Waals surface area contributed by atoms with Gasteiger partial charge in [0.15, 0.2) is 0 Å². The fraction of sp³-hybridized carbons (Fsp3) is 0.667. The maximum atomic E-state index is 4.47. The second-order valence-electron chi connectivity index (χ2n) is 3.43. The molecular formula is C9H14NP. The molecule has 0 saturated heterocycles. The van der Waals surface area contributed by atoms with Crippen molar-refractivity contribution in [3.05, 3.63) is 16.9 Å². The summed E-state index contributed by atoms with van der Waals surface area (Å²) >= 11 is 0. The fourth-order valence-electron chi connectivity index (χ4n) is 1.84. The van der Waals surface area contributed by atoms with Gasteiger partial charge in [0.25, 0.3) is 0 Å². The van der Waals surface area contributed by atoms with E-state index in [1.807, 2.05) is 6.20 Å². The van der Waals surface area contributed by atoms with Crippen LogP contribution in [-0.4, -0.2) is 4.98 Å². The Morgan fingerprint density at radius 3 is 2.73 bits per heavy atom. The van der Waals surface area contributed by atoms with Gasteiger partial charge in [0.1, 0.15) is 0 Å². The van der Waals surface area contributed by atoms with E-state index in [-0.39, 0.29) is 0 Å². The molecule has 2 heteroatoms. The van der Waals surface area contributed by atoms with Crippen molar-refractivity contribution >= 4 is 8.19 Å². The van der Waals surface area contributed by atoms with E-state index in [4.69, 9.17) is 0 Å². The van der Waals surface area contributed by atoms with E-state index in [1.165, 1.54) is 36.4 Å². The molecule has 0 spiro atoms. The molecule has 2 rings (SSSR count). The zero-order chi connectivity index (χ0) is 7.68. The molecule has 1 unspecified atom stereocenters. The molecule has 1 atom stereocenters. The van der Waals surface area contributed by atoms with Gasteiger partial charge in [-0.05, 0) is 25.1 Å². The van der Waals surface area contributed by atoms with Crippen LogP contribution in [0.2, 0.25) is 0 Å². The van der Waals surface area contributed by atoms with E-state index in [2.05, 4.69) is 11.9 Å². The van der Waals surface area contributed by atoms with E-state index in [0.717, 1.165) is 14.1 Å². The van der Waals surface area contributed by atoms with Gasteiger partial charge in [-0.1, -0.05) is 12.8 Å². The van der Waals surface area contributed by atoms with Crippen molar-refractivity contribution in [2.75, 3.05) is 0 Å². The third-order valence-corrected chi connectivity index (χ3v) is 3.78. The molecule has 0 aromatic carbocycles. The first kappa shape index (κ1) is 7.36. The molecule has 1 aliphatic carbocycles. The molecular weight excluding hydrogens is 153 g/mol. The maximum absolute atomic E-state index is 4.47. The predicted molar refractivity (Wildman–Crippen MR) is 49.7 cm³/mol. The van der Waals surface area contributed by atoms with Gasteiger partial charge < -0.3 is 0 Å². The lowest BCUT2D eigenvalue weighted by Crippen LogP contribution is -1.88. The first-order valence-corrected chi connectivity index (χ1v) is 5.38. The topological polar surface area (TPSA) is 12.9 Å². The average molecular weight is 167 g/mol. The van der Waals surface area contributed by atoms with Gasteiger partial charge in [0.05, 0.1) is 5.43 Å². The van der Waals surface area contributed by atoms with Crippen LogP contribution in [-0.2, 0) is 0 Å². The minimum absolute atomic E-state index is 0.849. The Morgan fingerprint density at radius 1 is 1.45 bits per heavy atom. The molecule has 0 aliphatic heterocycles. The zero-order valence-electron chi connectivity index (χ0n) is 6.93. The lowest BCUT2D eigenvalue weighted by atomic mass is 10.1. The van der Waals surface area contributed by atoms with Crippen molar-refractivity contribution in [1.29, 1.82) is 0 Å². The first-order valence-electron chi connectivity index (χ1n) is 4.38. The third kappa shape index (κ3) is 1.49. The van der Waals surface area contributed by atoms with Crippen LogP contribution in [0.15, 0.2) is 6.20 Å². The highest BCUT2D eigenvalue weighted by atomic mass is 31.0. The second-order valence-corrected chi connectivity index (χ2v) is 4.98. The Balaban J connectivity index is 2.15. The molecule has 1 aromatic rings. The molecule has 0 N–H and O–H groups in total. The molecule has 1 heterocycles. The Hall–Kier alpha value is -0.290. The average Bonchev–Trinajstić information content (AvgIpc) is 2.55. The summed E-state index contributed by atoms with van der Waals surface area (Å²) in [5, 5.41) is 1.46. The number of nitrogens with zero attached hydrogens (tertiary/aromatic N) is 1. The Labute approximate surface area is 69.3 Å². The van der Waals surface area contributed by atoms with Gasteiger partial charge in [-0.3, -0.25) is 4.98 Å². The van der Waals surface area contributed by atoms with Crippen LogP contribution in [0.4, 0.5) is 0 Å². The standard InChI is InChI=1S/C9H14NP/c1-7-6-10-9(11-7)8-4-2-3-5-8/h6,8,11H,2-5H2,1H3. The predicted octanol–water partition coefficient (Wildman–Crippen LogP) is 3.08. The second kappa shape index (κ2) is 2.98. The summed E-state index contributed by atoms with van der Waals surface area (Å²) < 4.78 is 0. The van der Waals surface area contributed by atoms with Crippen molar-refractivity contribution in [2.24, 2.45) is 0 Å². The van der Waals surface area contributed by atoms with Crippen LogP contribution < -0.4 is 0 Å². The molecule has 1 nitrogen and oxygen atoms in total. The number of rotatable bonds is 1. The lowest BCUT2D eigenvalue weighted by Gasteiger charge is -2.02. The number of aromatic nitrogens is 1. The van der Waals surface area contributed by atoms with Crippen molar-refractivity contribution in [1.82, 2.24) is 4.98 Å². The number of hydrogen-bond acceptors (Lipinski definition) is 1. The Kier molecular flexibility index (Phi) is 2.00. The SMILES string of the molecule is Cc1cnc(C2CCCC2)[pH]1. The maximum Gasteiger partial charge on any atom is 0.0595 e. The zero-order valence-corrected chi connectivity index (χ0v) is 7.93. The monoisotopic (exact) mass is 167 g/mol. The molecule has 0 bridgehead atoms. The summed E-state index contributed by atoms with van der Waals surface area (Å²) in [5.74, 6) is 0.849. The first-order chi connectivity index (χ1) is 5.36. The molecule has 11 heavy (non-hydrogen) atoms. The van der Waals surface area contributed by atoms with Crippen LogP contribution in [0, 0.1) is 6.92 Å². The smallest absolute Gasteiger partial charge is 0.0595 e. The highest BCUT2D eigenvalue weighted by Crippen LogP contribution is 2.37. The van der Waals surface area contributed by atoms with E-state index in [9.17, 15) is 0 Å². The van der Waals surface area contributed by atoms with E-state index in [0.29, 0.717) is 0 Å². The van der Waals surface area contributed by atoms with Crippen LogP contribution in [0.25, 0.3) is 0 Å². The molecule has 0 radical (unpaired) electrons. The summed E-state index contributed by atoms with van der Waals surface area (Å²) in [6, 6.07) is 0. The van der Waals surface area contributed by atoms with Gasteiger partial charge in [0, 0.05) is 12.1 Å². The van der Waals surface area contributed by atoms with Crippen molar-refractivity contribution < 1.29 is 0 Å². The lowest BCUT2D eigenvalue weighted by molar-refractivity contribution is 0.717. The molecule has 1 fully saturated rings. The molecule has 1 aliphatic rings. The van der Waals surface area contributed by atoms with Gasteiger partial charge in [-0.2, -0.15) is 0 Å². The quantitative estimate of drug-likeness (QED) is 0.626. The summed E-state index contributed by atoms with van der Waals surface area (Å²) in [6.45, 7) is 2.18. The molecule has 60 valence electrons. The summed E-state index contributed by atoms with van der Waals surface area (Å²) in [4.78, 5) is 4.47. The molecule has 0 amide bonds. The summed E-state index contributed by atoms with van der Waals surface area (Å²) in [7, 11) is 0.919.